The number of alkyl halides is 3. The lowest BCUT2D eigenvalue weighted by molar-refractivity contribution is -0.133. The molecule has 2 aromatic rings. The summed E-state index contributed by atoms with van der Waals surface area (Å²) < 4.78 is 39.4. The number of hydrogen-bond donors (Lipinski definition) is 2. The highest BCUT2D eigenvalue weighted by Crippen LogP contribution is 2.47. The first-order chi connectivity index (χ1) is 9.36. The zero-order valence-corrected chi connectivity index (χ0v) is 11.2. The number of nitrogen functional groups attached to an aromatic ring is 1. The Morgan fingerprint density at radius 1 is 1.25 bits per heavy atom. The Morgan fingerprint density at radius 3 is 2.35 bits per heavy atom. The van der Waals surface area contributed by atoms with Gasteiger partial charge in [-0.05, 0) is 5.56 Å². The molecule has 0 saturated carbocycles. The number of amides is 1. The fourth-order valence-electron chi connectivity index (χ4n) is 1.82. The van der Waals surface area contributed by atoms with Crippen molar-refractivity contribution in [1.82, 2.24) is 5.32 Å². The molecular weight excluding hydrogens is 289 g/mol. The number of rotatable bonds is 2. The molecule has 2 rings (SSSR count). The average molecular weight is 300 g/mol. The van der Waals surface area contributed by atoms with Crippen molar-refractivity contribution in [2.75, 3.05) is 12.8 Å². The molecule has 3 nitrogen and oxygen atoms in total. The molecule has 3 N–H and O–H groups in total. The second-order valence-electron chi connectivity index (χ2n) is 3.99. The Bertz CT molecular complexity index is 635. The maximum atomic E-state index is 13.1. The van der Waals surface area contributed by atoms with Gasteiger partial charge in [0.25, 0.3) is 5.91 Å². The van der Waals surface area contributed by atoms with Gasteiger partial charge < -0.3 is 11.1 Å². The summed E-state index contributed by atoms with van der Waals surface area (Å²) in [6.07, 6.45) is -4.56. The van der Waals surface area contributed by atoms with E-state index in [1.807, 2.05) is 0 Å². The number of carbonyl (C=O) groups excluding carboxylic acids is 1. The van der Waals surface area contributed by atoms with Crippen molar-refractivity contribution in [3.05, 3.63) is 40.1 Å². The molecule has 0 atom stereocenters. The first kappa shape index (κ1) is 14.4. The Hall–Kier alpha value is -2.02. The molecule has 0 spiro atoms. The van der Waals surface area contributed by atoms with Gasteiger partial charge in [0.15, 0.2) is 0 Å². The molecule has 7 heteroatoms. The van der Waals surface area contributed by atoms with Gasteiger partial charge in [-0.3, -0.25) is 4.79 Å². The van der Waals surface area contributed by atoms with Crippen LogP contribution in [0.15, 0.2) is 30.3 Å². The highest BCUT2D eigenvalue weighted by molar-refractivity contribution is 7.15. The van der Waals surface area contributed by atoms with Crippen molar-refractivity contribution < 1.29 is 18.0 Å². The van der Waals surface area contributed by atoms with Crippen molar-refractivity contribution in [3.63, 3.8) is 0 Å². The van der Waals surface area contributed by atoms with E-state index in [1.165, 1.54) is 19.2 Å². The average Bonchev–Trinajstić information content (AvgIpc) is 2.76. The molecule has 1 heterocycles. The van der Waals surface area contributed by atoms with E-state index in [0.717, 1.165) is 0 Å². The first-order valence-corrected chi connectivity index (χ1v) is 6.45. The van der Waals surface area contributed by atoms with Crippen LogP contribution in [0.2, 0.25) is 0 Å². The Morgan fingerprint density at radius 2 is 1.85 bits per heavy atom. The highest BCUT2D eigenvalue weighted by atomic mass is 32.1. The van der Waals surface area contributed by atoms with Crippen LogP contribution < -0.4 is 11.1 Å². The summed E-state index contributed by atoms with van der Waals surface area (Å²) in [5.41, 5.74) is 5.81. The molecule has 1 aromatic heterocycles. The summed E-state index contributed by atoms with van der Waals surface area (Å²) in [4.78, 5) is 10.6. The third-order valence-corrected chi connectivity index (χ3v) is 3.95. The van der Waals surface area contributed by atoms with Crippen molar-refractivity contribution in [1.29, 1.82) is 0 Å². The van der Waals surface area contributed by atoms with Gasteiger partial charge in [0, 0.05) is 12.6 Å². The Labute approximate surface area is 117 Å². The summed E-state index contributed by atoms with van der Waals surface area (Å²) in [6, 6.07) is 7.99. The summed E-state index contributed by atoms with van der Waals surface area (Å²) in [7, 11) is 1.34. The van der Waals surface area contributed by atoms with E-state index in [0.29, 0.717) is 16.9 Å². The topological polar surface area (TPSA) is 55.1 Å². The van der Waals surface area contributed by atoms with Crippen molar-refractivity contribution in [2.24, 2.45) is 0 Å². The summed E-state index contributed by atoms with van der Waals surface area (Å²) >= 11 is 0.359. The molecular formula is C13H11F3N2OS. The second-order valence-corrected chi connectivity index (χ2v) is 5.01. The van der Waals surface area contributed by atoms with Crippen LogP contribution in [0.4, 0.5) is 18.9 Å². The van der Waals surface area contributed by atoms with Gasteiger partial charge in [0.05, 0.1) is 5.69 Å². The maximum absolute atomic E-state index is 13.1. The minimum absolute atomic E-state index is 0.126. The molecule has 1 amide bonds. The maximum Gasteiger partial charge on any atom is 0.426 e. The van der Waals surface area contributed by atoms with E-state index >= 15 is 0 Å². The number of benzene rings is 1. The molecule has 0 saturated heterocycles. The SMILES string of the molecule is CNC(=O)c1sc(C(F)(F)F)c(-c2ccccc2)c1N. The molecule has 1 aromatic carbocycles. The van der Waals surface area contributed by atoms with E-state index in [4.69, 9.17) is 5.73 Å². The van der Waals surface area contributed by atoms with Crippen LogP contribution >= 0.6 is 11.3 Å². The van der Waals surface area contributed by atoms with Gasteiger partial charge in [-0.25, -0.2) is 0 Å². The van der Waals surface area contributed by atoms with E-state index in [2.05, 4.69) is 5.32 Å². The fourth-order valence-corrected chi connectivity index (χ4v) is 2.87. The number of nitrogens with one attached hydrogen (secondary N) is 1. The molecule has 0 radical (unpaired) electrons. The zero-order chi connectivity index (χ0) is 14.9. The summed E-state index contributed by atoms with van der Waals surface area (Å²) in [5.74, 6) is -0.625. The molecule has 0 unspecified atom stereocenters. The van der Waals surface area contributed by atoms with Gasteiger partial charge in [0.2, 0.25) is 0 Å². The lowest BCUT2D eigenvalue weighted by atomic mass is 10.0. The van der Waals surface area contributed by atoms with Gasteiger partial charge in [0.1, 0.15) is 9.75 Å². The quantitative estimate of drug-likeness (QED) is 0.893. The van der Waals surface area contributed by atoms with Crippen LogP contribution in [0.25, 0.3) is 11.1 Å². The summed E-state index contributed by atoms with van der Waals surface area (Å²) in [5, 5.41) is 2.29. The minimum Gasteiger partial charge on any atom is -0.397 e. The van der Waals surface area contributed by atoms with Gasteiger partial charge in [-0.2, -0.15) is 13.2 Å². The minimum atomic E-state index is -4.56. The lowest BCUT2D eigenvalue weighted by Gasteiger charge is -2.08. The Kier molecular flexibility index (Phi) is 3.71. The fraction of sp³-hybridized carbons (Fsp3) is 0.154. The smallest absolute Gasteiger partial charge is 0.397 e. The zero-order valence-electron chi connectivity index (χ0n) is 10.4. The molecule has 106 valence electrons. The Balaban J connectivity index is 2.71. The molecule has 0 fully saturated rings. The van der Waals surface area contributed by atoms with E-state index in [9.17, 15) is 18.0 Å². The number of hydrogen-bond acceptors (Lipinski definition) is 3. The third kappa shape index (κ3) is 2.49. The van der Waals surface area contributed by atoms with Crippen LogP contribution in [0.1, 0.15) is 14.5 Å². The van der Waals surface area contributed by atoms with Crippen LogP contribution in [-0.4, -0.2) is 13.0 Å². The van der Waals surface area contributed by atoms with Crippen LogP contribution in [0.3, 0.4) is 0 Å². The normalized spacial score (nSPS) is 11.4. The van der Waals surface area contributed by atoms with Crippen LogP contribution in [-0.2, 0) is 6.18 Å². The molecule has 0 aliphatic heterocycles. The molecule has 0 bridgehead atoms. The number of thiophene rings is 1. The van der Waals surface area contributed by atoms with Gasteiger partial charge in [-0.15, -0.1) is 11.3 Å². The number of anilines is 1. The third-order valence-electron chi connectivity index (χ3n) is 2.70. The van der Waals surface area contributed by atoms with E-state index in [1.54, 1.807) is 18.2 Å². The predicted molar refractivity (Wildman–Crippen MR) is 72.6 cm³/mol. The van der Waals surface area contributed by atoms with Crippen molar-refractivity contribution in [3.8, 4) is 11.1 Å². The van der Waals surface area contributed by atoms with Gasteiger partial charge >= 0.3 is 6.18 Å². The molecule has 0 aliphatic rings. The molecule has 20 heavy (non-hydrogen) atoms. The van der Waals surface area contributed by atoms with Crippen molar-refractivity contribution >= 4 is 22.9 Å². The highest BCUT2D eigenvalue weighted by Gasteiger charge is 2.39. The van der Waals surface area contributed by atoms with Crippen molar-refractivity contribution in [2.45, 2.75) is 6.18 Å². The number of carbonyl (C=O) groups is 1. The number of halogens is 3. The monoisotopic (exact) mass is 300 g/mol. The van der Waals surface area contributed by atoms with Gasteiger partial charge in [-0.1, -0.05) is 30.3 Å². The predicted octanol–water partition coefficient (Wildman–Crippen LogP) is 3.38. The first-order valence-electron chi connectivity index (χ1n) is 5.63. The standard InChI is InChI=1S/C13H11F3N2OS/c1-18-12(19)10-9(17)8(7-5-3-2-4-6-7)11(20-10)13(14,15)16/h2-6H,17H2,1H3,(H,18,19). The summed E-state index contributed by atoms with van der Waals surface area (Å²) in [6.45, 7) is 0. The van der Waals surface area contributed by atoms with E-state index < -0.39 is 17.0 Å². The molecule has 0 aliphatic carbocycles. The van der Waals surface area contributed by atoms with Crippen LogP contribution in [0, 0.1) is 0 Å². The van der Waals surface area contributed by atoms with E-state index in [-0.39, 0.29) is 16.1 Å². The lowest BCUT2D eigenvalue weighted by Crippen LogP contribution is -2.17. The van der Waals surface area contributed by atoms with Crippen LogP contribution in [0.5, 0.6) is 0 Å². The number of nitrogens with two attached hydrogens (primary N) is 1. The second kappa shape index (κ2) is 5.16. The largest absolute Gasteiger partial charge is 0.426 e.